The predicted octanol–water partition coefficient (Wildman–Crippen LogP) is 1.40. The van der Waals surface area contributed by atoms with Crippen LogP contribution in [-0.2, 0) is 11.8 Å². The van der Waals surface area contributed by atoms with E-state index in [0.717, 1.165) is 11.3 Å². The van der Waals surface area contributed by atoms with Gasteiger partial charge < -0.3 is 10.4 Å². The Morgan fingerprint density at radius 3 is 2.61 bits per heavy atom. The van der Waals surface area contributed by atoms with E-state index in [4.69, 9.17) is 9.90 Å². The Morgan fingerprint density at radius 1 is 1.32 bits per heavy atom. The van der Waals surface area contributed by atoms with Crippen molar-refractivity contribution < 1.29 is 14.7 Å². The molecule has 3 heterocycles. The number of hydrogen-bond donors (Lipinski definition) is 3. The Balaban J connectivity index is 0.000000858. The highest BCUT2D eigenvalue weighted by Crippen LogP contribution is 2.18. The molecule has 1 amide bonds. The molecular weight excluding hydrogens is 402 g/mol. The van der Waals surface area contributed by atoms with Gasteiger partial charge in [0, 0.05) is 36.8 Å². The molecule has 0 bridgehead atoms. The molecule has 4 rings (SSSR count). The highest BCUT2D eigenvalue weighted by atomic mass is 16.3. The van der Waals surface area contributed by atoms with E-state index in [2.05, 4.69) is 25.4 Å². The summed E-state index contributed by atoms with van der Waals surface area (Å²) in [6.45, 7) is 1.74. The molecule has 4 aromatic rings. The molecule has 3 aromatic heterocycles. The lowest BCUT2D eigenvalue weighted by Crippen LogP contribution is -2.28. The highest BCUT2D eigenvalue weighted by molar-refractivity contribution is 5.94. The number of amides is 1. The van der Waals surface area contributed by atoms with Gasteiger partial charge in [0.2, 0.25) is 5.78 Å². The van der Waals surface area contributed by atoms with Gasteiger partial charge in [-0.05, 0) is 24.6 Å². The summed E-state index contributed by atoms with van der Waals surface area (Å²) in [5, 5.41) is 14.0. The molecule has 0 fully saturated rings. The molecule has 1 atom stereocenters. The summed E-state index contributed by atoms with van der Waals surface area (Å²) >= 11 is 0. The zero-order chi connectivity index (χ0) is 22.4. The maximum atomic E-state index is 12.7. The van der Waals surface area contributed by atoms with Crippen LogP contribution in [0.4, 0.5) is 0 Å². The fourth-order valence-electron chi connectivity index (χ4n) is 2.96. The van der Waals surface area contributed by atoms with Gasteiger partial charge in [-0.15, -0.1) is 0 Å². The molecule has 1 aromatic carbocycles. The van der Waals surface area contributed by atoms with Crippen LogP contribution in [0.15, 0.2) is 53.7 Å². The molecule has 0 saturated heterocycles. The molecule has 1 unspecified atom stereocenters. The van der Waals surface area contributed by atoms with Gasteiger partial charge >= 0.3 is 5.69 Å². The molecule has 11 nitrogen and oxygen atoms in total. The Bertz CT molecular complexity index is 1210. The maximum absolute atomic E-state index is 12.7. The highest BCUT2D eigenvalue weighted by Gasteiger charge is 2.17. The minimum atomic E-state index is -0.287. The lowest BCUT2D eigenvalue weighted by Gasteiger charge is -2.14. The number of carboxylic acid groups (broad SMARTS) is 1. The summed E-state index contributed by atoms with van der Waals surface area (Å²) in [5.41, 5.74) is 1.72. The molecule has 0 saturated carbocycles. The van der Waals surface area contributed by atoms with Crippen LogP contribution < -0.4 is 11.0 Å². The molecule has 160 valence electrons. The fraction of sp³-hybridized carbons (Fsp3) is 0.200. The molecule has 3 N–H and O–H groups in total. The van der Waals surface area contributed by atoms with Crippen molar-refractivity contribution in [3.8, 4) is 11.4 Å². The Labute approximate surface area is 176 Å². The van der Waals surface area contributed by atoms with Crippen molar-refractivity contribution >= 4 is 18.2 Å². The predicted molar refractivity (Wildman–Crippen MR) is 111 cm³/mol. The third kappa shape index (κ3) is 4.83. The lowest BCUT2D eigenvalue weighted by atomic mass is 10.1. The number of fused-ring (bicyclic) bond motifs is 1. The maximum Gasteiger partial charge on any atom is 0.343 e. The molecule has 0 aliphatic carbocycles. The Morgan fingerprint density at radius 2 is 2.03 bits per heavy atom. The van der Waals surface area contributed by atoms with Gasteiger partial charge in [-0.25, -0.2) is 19.4 Å². The quantitative estimate of drug-likeness (QED) is 0.411. The van der Waals surface area contributed by atoms with Crippen LogP contribution in [0, 0.1) is 0 Å². The Hall–Kier alpha value is -4.28. The number of benzene rings is 1. The van der Waals surface area contributed by atoms with Crippen LogP contribution in [0.2, 0.25) is 0 Å². The molecule has 31 heavy (non-hydrogen) atoms. The molecule has 11 heteroatoms. The average Bonchev–Trinajstić information content (AvgIpc) is 3.35. The molecule has 0 radical (unpaired) electrons. The van der Waals surface area contributed by atoms with E-state index in [1.54, 1.807) is 37.5 Å². The average molecular weight is 423 g/mol. The second kappa shape index (κ2) is 9.48. The first-order chi connectivity index (χ1) is 15.0. The van der Waals surface area contributed by atoms with Crippen molar-refractivity contribution in [2.75, 3.05) is 0 Å². The summed E-state index contributed by atoms with van der Waals surface area (Å²) in [4.78, 5) is 43.9. The fourth-order valence-corrected chi connectivity index (χ4v) is 2.96. The SMILES string of the molecule is CCC(NC(=O)c1ccc(-c2nn(C)c(=O)[nH]2)cc1)c1cn2cccnc2n1.O=CO. The first-order valence-corrected chi connectivity index (χ1v) is 9.39. The smallest absolute Gasteiger partial charge is 0.343 e. The van der Waals surface area contributed by atoms with E-state index in [-0.39, 0.29) is 24.1 Å². The summed E-state index contributed by atoms with van der Waals surface area (Å²) < 4.78 is 3.05. The number of aryl methyl sites for hydroxylation is 1. The summed E-state index contributed by atoms with van der Waals surface area (Å²) in [6.07, 6.45) is 6.12. The number of rotatable bonds is 5. The molecule has 0 aliphatic heterocycles. The van der Waals surface area contributed by atoms with Crippen molar-refractivity contribution in [3.63, 3.8) is 0 Å². The van der Waals surface area contributed by atoms with Gasteiger partial charge in [-0.1, -0.05) is 19.1 Å². The van der Waals surface area contributed by atoms with Crippen molar-refractivity contribution in [2.24, 2.45) is 7.05 Å². The number of hydrogen-bond acceptors (Lipinski definition) is 6. The van der Waals surface area contributed by atoms with Crippen LogP contribution in [0.5, 0.6) is 0 Å². The van der Waals surface area contributed by atoms with Gasteiger partial charge in [0.15, 0.2) is 5.82 Å². The van der Waals surface area contributed by atoms with E-state index >= 15 is 0 Å². The lowest BCUT2D eigenvalue weighted by molar-refractivity contribution is -0.122. The normalized spacial score (nSPS) is 11.4. The van der Waals surface area contributed by atoms with Crippen molar-refractivity contribution in [2.45, 2.75) is 19.4 Å². The largest absolute Gasteiger partial charge is 0.483 e. The third-order valence-corrected chi connectivity index (χ3v) is 4.51. The standard InChI is InChI=1S/C19H19N7O2.CH2O2/c1-3-14(15-11-26-10-4-9-20-18(26)22-15)21-17(27)13-7-5-12(6-8-13)16-23-19(28)25(2)24-16;2-1-3/h4-11,14H,3H2,1-2H3,(H,21,27)(H,23,24,28);1H,(H,2,3). The number of imidazole rings is 1. The number of carbonyl (C=O) groups is 2. The van der Waals surface area contributed by atoms with Gasteiger partial charge in [0.25, 0.3) is 12.4 Å². The van der Waals surface area contributed by atoms with Gasteiger partial charge in [-0.2, -0.15) is 5.10 Å². The number of aromatic amines is 1. The summed E-state index contributed by atoms with van der Waals surface area (Å²) in [7, 11) is 1.57. The number of nitrogens with one attached hydrogen (secondary N) is 2. The van der Waals surface area contributed by atoms with E-state index in [1.165, 1.54) is 4.68 Å². The molecular formula is C20H21N7O4. The zero-order valence-corrected chi connectivity index (χ0v) is 16.9. The van der Waals surface area contributed by atoms with Crippen LogP contribution in [-0.4, -0.2) is 46.6 Å². The van der Waals surface area contributed by atoms with Gasteiger partial charge in [0.05, 0.1) is 11.7 Å². The second-order valence-electron chi connectivity index (χ2n) is 6.51. The Kier molecular flexibility index (Phi) is 6.55. The van der Waals surface area contributed by atoms with Crippen LogP contribution in [0.1, 0.15) is 35.4 Å². The van der Waals surface area contributed by atoms with Crippen molar-refractivity contribution in [1.29, 1.82) is 0 Å². The van der Waals surface area contributed by atoms with Crippen LogP contribution >= 0.6 is 0 Å². The van der Waals surface area contributed by atoms with E-state index in [9.17, 15) is 9.59 Å². The van der Waals surface area contributed by atoms with E-state index in [1.807, 2.05) is 29.8 Å². The second-order valence-corrected chi connectivity index (χ2v) is 6.51. The summed E-state index contributed by atoms with van der Waals surface area (Å²) in [6, 6.07) is 8.52. The van der Waals surface area contributed by atoms with Crippen molar-refractivity contribution in [1.82, 2.24) is 34.4 Å². The monoisotopic (exact) mass is 423 g/mol. The van der Waals surface area contributed by atoms with Gasteiger partial charge in [0.1, 0.15) is 0 Å². The zero-order valence-electron chi connectivity index (χ0n) is 16.9. The number of nitrogens with zero attached hydrogens (tertiary/aromatic N) is 5. The number of aromatic nitrogens is 6. The van der Waals surface area contributed by atoms with Gasteiger partial charge in [-0.3, -0.25) is 19.0 Å². The van der Waals surface area contributed by atoms with Crippen molar-refractivity contribution in [3.05, 3.63) is 70.7 Å². The number of carbonyl (C=O) groups excluding carboxylic acids is 1. The first-order valence-electron chi connectivity index (χ1n) is 9.39. The summed E-state index contributed by atoms with van der Waals surface area (Å²) in [5.74, 6) is 0.861. The van der Waals surface area contributed by atoms with Crippen LogP contribution in [0.3, 0.4) is 0 Å². The van der Waals surface area contributed by atoms with E-state index in [0.29, 0.717) is 23.6 Å². The minimum absolute atomic E-state index is 0.196. The minimum Gasteiger partial charge on any atom is -0.483 e. The van der Waals surface area contributed by atoms with Crippen LogP contribution in [0.25, 0.3) is 17.2 Å². The molecule has 0 aliphatic rings. The van der Waals surface area contributed by atoms with E-state index < -0.39 is 0 Å². The topological polar surface area (TPSA) is 147 Å². The first kappa shape index (κ1) is 21.4. The third-order valence-electron chi connectivity index (χ3n) is 4.51. The molecule has 0 spiro atoms. The number of H-pyrrole nitrogens is 1.